The smallest absolute Gasteiger partial charge is 0.312 e. The van der Waals surface area contributed by atoms with Gasteiger partial charge in [0.1, 0.15) is 5.52 Å². The number of rotatable bonds is 2. The number of allylic oxidation sites excluding steroid dienone is 1. The molecule has 1 aliphatic rings. The molecular formula is C17H20N2O3. The minimum absolute atomic E-state index is 0.299. The highest BCUT2D eigenvalue weighted by atomic mass is 16.5. The third kappa shape index (κ3) is 2.26. The normalized spacial score (nSPS) is 17.5. The predicted molar refractivity (Wildman–Crippen MR) is 83.8 cm³/mol. The summed E-state index contributed by atoms with van der Waals surface area (Å²) in [6, 6.07) is 5.85. The van der Waals surface area contributed by atoms with E-state index in [1.54, 1.807) is 4.68 Å². The molecule has 0 saturated heterocycles. The Morgan fingerprint density at radius 1 is 1.41 bits per heavy atom. The first-order valence-corrected chi connectivity index (χ1v) is 7.49. The topological polar surface area (TPSA) is 58.2 Å². The average Bonchev–Trinajstić information content (AvgIpc) is 2.67. The van der Waals surface area contributed by atoms with E-state index in [2.05, 4.69) is 0 Å². The van der Waals surface area contributed by atoms with Crippen molar-refractivity contribution in [3.63, 3.8) is 0 Å². The molecule has 5 nitrogen and oxygen atoms in total. The fourth-order valence-corrected chi connectivity index (χ4v) is 2.99. The Bertz CT molecular complexity index is 800. The lowest BCUT2D eigenvalue weighted by Gasteiger charge is -2.24. The molecule has 2 heterocycles. The van der Waals surface area contributed by atoms with Crippen LogP contribution in [0.25, 0.3) is 16.7 Å². The molecule has 0 radical (unpaired) electrons. The van der Waals surface area contributed by atoms with Crippen molar-refractivity contribution in [1.29, 1.82) is 0 Å². The Morgan fingerprint density at radius 3 is 2.77 bits per heavy atom. The number of aryl methyl sites for hydroxylation is 2. The highest BCUT2D eigenvalue weighted by molar-refractivity contribution is 5.91. The second-order valence-corrected chi connectivity index (χ2v) is 6.51. The van der Waals surface area contributed by atoms with Gasteiger partial charge in [-0.15, -0.1) is 4.68 Å². The number of cyclic esters (lactones) is 1. The summed E-state index contributed by atoms with van der Waals surface area (Å²) >= 11 is 0. The fraction of sp³-hybridized carbons (Fsp3) is 0.412. The molecule has 0 saturated carbocycles. The molecule has 0 bridgehead atoms. The van der Waals surface area contributed by atoms with E-state index < -0.39 is 0 Å². The summed E-state index contributed by atoms with van der Waals surface area (Å²) in [5, 5.41) is 13.5. The van der Waals surface area contributed by atoms with E-state index >= 15 is 0 Å². The number of esters is 1. The molecule has 1 aliphatic heterocycles. The van der Waals surface area contributed by atoms with Crippen LogP contribution in [0, 0.1) is 17.5 Å². The Kier molecular flexibility index (Phi) is 3.24. The van der Waals surface area contributed by atoms with Crippen molar-refractivity contribution < 1.29 is 14.4 Å². The quantitative estimate of drug-likeness (QED) is 0.487. The zero-order valence-corrected chi connectivity index (χ0v) is 13.3. The van der Waals surface area contributed by atoms with Gasteiger partial charge in [-0.2, -0.15) is 0 Å². The summed E-state index contributed by atoms with van der Waals surface area (Å²) in [6.45, 7) is 8.39. The summed E-state index contributed by atoms with van der Waals surface area (Å²) in [6.07, 6.45) is 2.19. The summed E-state index contributed by atoms with van der Waals surface area (Å²) in [7, 11) is 0. The summed E-state index contributed by atoms with van der Waals surface area (Å²) in [5.74, 6) is 0.0595. The molecule has 0 amide bonds. The molecule has 0 atom stereocenters. The Balaban J connectivity index is 2.30. The molecule has 0 aliphatic carbocycles. The van der Waals surface area contributed by atoms with Crippen LogP contribution in [0.3, 0.4) is 0 Å². The molecule has 5 heteroatoms. The number of nitrogens with zero attached hydrogens (tertiary/aromatic N) is 2. The number of hydrogen-bond donors (Lipinski definition) is 0. The summed E-state index contributed by atoms with van der Waals surface area (Å²) < 4.78 is 7.02. The standard InChI is InChI=1S/C17H20N2O3/c1-5-18-13-8-11(2)6-7-12(13)16(19(18)21)14-9-17(3,4)10-15(20)22-14/h6-9H,5,10H2,1-4H3. The van der Waals surface area contributed by atoms with E-state index in [1.807, 2.05) is 52.0 Å². The first kappa shape index (κ1) is 14.6. The van der Waals surface area contributed by atoms with Gasteiger partial charge in [0.15, 0.2) is 0 Å². The maximum atomic E-state index is 12.7. The summed E-state index contributed by atoms with van der Waals surface area (Å²) in [4.78, 5) is 12.7. The fourth-order valence-electron chi connectivity index (χ4n) is 2.99. The van der Waals surface area contributed by atoms with Crippen molar-refractivity contribution in [2.45, 2.75) is 40.7 Å². The van der Waals surface area contributed by atoms with E-state index in [-0.39, 0.29) is 11.4 Å². The molecule has 0 N–H and O–H groups in total. The maximum Gasteiger partial charge on any atom is 0.312 e. The SMILES string of the molecule is CCn1c2cc(C)ccc2c(C2=CC(C)(C)CC(=O)O2)[n+]1[O-]. The van der Waals surface area contributed by atoms with Gasteiger partial charge in [-0.1, -0.05) is 24.8 Å². The molecule has 0 fully saturated rings. The maximum absolute atomic E-state index is 12.7. The number of hydrogen-bond acceptors (Lipinski definition) is 3. The predicted octanol–water partition coefficient (Wildman–Crippen LogP) is 2.92. The van der Waals surface area contributed by atoms with Gasteiger partial charge >= 0.3 is 5.97 Å². The second-order valence-electron chi connectivity index (χ2n) is 6.51. The monoisotopic (exact) mass is 300 g/mol. The van der Waals surface area contributed by atoms with Gasteiger partial charge in [0, 0.05) is 0 Å². The molecule has 22 heavy (non-hydrogen) atoms. The second kappa shape index (κ2) is 4.87. The van der Waals surface area contributed by atoms with Crippen LogP contribution in [-0.4, -0.2) is 10.7 Å². The Morgan fingerprint density at radius 2 is 2.14 bits per heavy atom. The molecule has 1 aromatic carbocycles. The molecule has 3 rings (SSSR count). The van der Waals surface area contributed by atoms with Crippen LogP contribution in [-0.2, 0) is 16.1 Å². The van der Waals surface area contributed by atoms with Crippen molar-refractivity contribution in [2.24, 2.45) is 5.41 Å². The van der Waals surface area contributed by atoms with Crippen LogP contribution in [0.1, 0.15) is 38.4 Å². The lowest BCUT2D eigenvalue weighted by Crippen LogP contribution is -2.41. The zero-order chi connectivity index (χ0) is 16.1. The molecule has 2 aromatic rings. The number of benzene rings is 1. The largest absolute Gasteiger partial charge is 0.595 e. The lowest BCUT2D eigenvalue weighted by molar-refractivity contribution is -0.694. The van der Waals surface area contributed by atoms with Gasteiger partial charge in [0.2, 0.25) is 5.76 Å². The van der Waals surface area contributed by atoms with Crippen LogP contribution < -0.4 is 4.85 Å². The number of fused-ring (bicyclic) bond motifs is 1. The molecule has 1 aromatic heterocycles. The highest BCUT2D eigenvalue weighted by Gasteiger charge is 2.34. The van der Waals surface area contributed by atoms with Crippen molar-refractivity contribution >= 4 is 22.6 Å². The van der Waals surface area contributed by atoms with Crippen LogP contribution in [0.15, 0.2) is 24.3 Å². The Labute approximate surface area is 129 Å². The van der Waals surface area contributed by atoms with Crippen molar-refractivity contribution in [2.75, 3.05) is 0 Å². The third-order valence-corrected chi connectivity index (χ3v) is 3.98. The van der Waals surface area contributed by atoms with Gasteiger partial charge < -0.3 is 9.94 Å². The lowest BCUT2D eigenvalue weighted by atomic mass is 9.86. The van der Waals surface area contributed by atoms with Gasteiger partial charge in [-0.25, -0.2) is 0 Å². The third-order valence-electron chi connectivity index (χ3n) is 3.98. The van der Waals surface area contributed by atoms with E-state index in [0.29, 0.717) is 24.4 Å². The van der Waals surface area contributed by atoms with Crippen molar-refractivity contribution in [3.05, 3.63) is 40.7 Å². The summed E-state index contributed by atoms with van der Waals surface area (Å²) in [5.41, 5.74) is 2.04. The minimum atomic E-state index is -0.316. The molecule has 0 spiro atoms. The zero-order valence-electron chi connectivity index (χ0n) is 13.3. The minimum Gasteiger partial charge on any atom is -0.595 e. The Hall–Kier alpha value is -2.30. The van der Waals surface area contributed by atoms with Crippen LogP contribution >= 0.6 is 0 Å². The van der Waals surface area contributed by atoms with Gasteiger partial charge in [-0.3, -0.25) is 4.79 Å². The van der Waals surface area contributed by atoms with E-state index in [9.17, 15) is 10.0 Å². The van der Waals surface area contributed by atoms with Crippen molar-refractivity contribution in [1.82, 2.24) is 4.68 Å². The van der Waals surface area contributed by atoms with Gasteiger partial charge in [0.05, 0.1) is 18.4 Å². The number of carbonyl (C=O) groups excluding carboxylic acids is 1. The van der Waals surface area contributed by atoms with Gasteiger partial charge in [0.25, 0.3) is 5.69 Å². The van der Waals surface area contributed by atoms with E-state index in [4.69, 9.17) is 4.74 Å². The van der Waals surface area contributed by atoms with Crippen LogP contribution in [0.4, 0.5) is 0 Å². The molecular weight excluding hydrogens is 280 g/mol. The molecule has 0 unspecified atom stereocenters. The average molecular weight is 300 g/mol. The van der Waals surface area contributed by atoms with Crippen LogP contribution in [0.5, 0.6) is 0 Å². The van der Waals surface area contributed by atoms with Crippen LogP contribution in [0.2, 0.25) is 0 Å². The van der Waals surface area contributed by atoms with E-state index in [0.717, 1.165) is 21.3 Å². The number of ether oxygens (including phenoxy) is 1. The number of aromatic nitrogens is 2. The van der Waals surface area contributed by atoms with Gasteiger partial charge in [-0.05, 0) is 43.0 Å². The highest BCUT2D eigenvalue weighted by Crippen LogP contribution is 2.35. The first-order chi connectivity index (χ1) is 10.3. The number of carbonyl (C=O) groups is 1. The van der Waals surface area contributed by atoms with E-state index in [1.165, 1.54) is 0 Å². The molecule has 116 valence electrons. The first-order valence-electron chi connectivity index (χ1n) is 7.49. The van der Waals surface area contributed by atoms with Crippen molar-refractivity contribution in [3.8, 4) is 0 Å².